The van der Waals surface area contributed by atoms with Gasteiger partial charge in [0.25, 0.3) is 22.9 Å². The van der Waals surface area contributed by atoms with Gasteiger partial charge in [0, 0.05) is 62.1 Å². The Morgan fingerprint density at radius 3 is 1.79 bits per heavy atom. The molecule has 6 rings (SSSR count). The number of nitrogens with two attached hydrogens (primary N) is 2. The number of nitrogens with one attached hydrogen (secondary N) is 9. The van der Waals surface area contributed by atoms with E-state index in [0.717, 1.165) is 5.69 Å². The highest BCUT2D eigenvalue weighted by molar-refractivity contribution is 5.97. The highest BCUT2D eigenvalue weighted by atomic mass is 16.4. The van der Waals surface area contributed by atoms with Crippen molar-refractivity contribution in [2.75, 3.05) is 76.2 Å². The number of carboxylic acids is 4. The molecule has 26 heteroatoms. The molecule has 4 aromatic rings. The van der Waals surface area contributed by atoms with Crippen LogP contribution in [0.3, 0.4) is 0 Å². The van der Waals surface area contributed by atoms with Gasteiger partial charge in [-0.05, 0) is 61.4 Å². The van der Waals surface area contributed by atoms with E-state index in [0.29, 0.717) is 54.9 Å². The van der Waals surface area contributed by atoms with Crippen LogP contribution in [-0.4, -0.2) is 133 Å². The van der Waals surface area contributed by atoms with E-state index < -0.39 is 53.7 Å². The van der Waals surface area contributed by atoms with Gasteiger partial charge < -0.3 is 74.0 Å². The lowest BCUT2D eigenvalue weighted by Crippen LogP contribution is -2.48. The van der Waals surface area contributed by atoms with Crippen molar-refractivity contribution >= 4 is 82.0 Å². The molecule has 5 atom stereocenters. The van der Waals surface area contributed by atoms with Crippen molar-refractivity contribution in [2.24, 2.45) is 5.92 Å². The fraction of sp³-hybridized carbons (Fsp3) is 0.350. The Hall–Kier alpha value is -8.58. The van der Waals surface area contributed by atoms with Gasteiger partial charge in [0.05, 0.1) is 18.0 Å². The van der Waals surface area contributed by atoms with Crippen molar-refractivity contribution in [3.05, 3.63) is 80.4 Å². The van der Waals surface area contributed by atoms with Crippen LogP contribution >= 0.6 is 0 Å². The van der Waals surface area contributed by atoms with Crippen molar-refractivity contribution in [3.63, 3.8) is 0 Å². The Morgan fingerprint density at radius 1 is 0.727 bits per heavy atom. The van der Waals surface area contributed by atoms with Crippen LogP contribution in [0.5, 0.6) is 0 Å². The first-order valence-electron chi connectivity index (χ1n) is 20.3. The van der Waals surface area contributed by atoms with Crippen molar-refractivity contribution in [1.29, 1.82) is 0 Å². The maximum absolute atomic E-state index is 12.4. The first-order valence-corrected chi connectivity index (χ1v) is 20.3. The molecule has 0 aliphatic carbocycles. The van der Waals surface area contributed by atoms with Crippen LogP contribution in [0.4, 0.5) is 46.3 Å². The molecule has 0 saturated heterocycles. The molecular weight excluding hydrogens is 869 g/mol. The number of hydrogen-bond donors (Lipinski definition) is 15. The summed E-state index contributed by atoms with van der Waals surface area (Å²) in [7, 11) is 1.79. The Labute approximate surface area is 374 Å². The number of carbonyl (C=O) groups is 6. The first-order chi connectivity index (χ1) is 31.3. The molecule has 0 radical (unpaired) electrons. The molecule has 2 aliphatic rings. The number of hydrogen-bond acceptors (Lipinski definition) is 18. The number of benzene rings is 2. The van der Waals surface area contributed by atoms with Gasteiger partial charge in [-0.3, -0.25) is 38.7 Å². The van der Waals surface area contributed by atoms with Crippen molar-refractivity contribution < 1.29 is 49.2 Å². The molecule has 2 amide bonds. The number of nitrogens with zero attached hydrogens (tertiary/aromatic N) is 3. The fourth-order valence-electron chi connectivity index (χ4n) is 6.67. The van der Waals surface area contributed by atoms with Gasteiger partial charge in [-0.2, -0.15) is 9.97 Å². The van der Waals surface area contributed by atoms with Crippen molar-refractivity contribution in [1.82, 2.24) is 30.6 Å². The SMILES string of the molecule is CC(CC(NC(=O)c1ccc(NCC2CNc3nc(N)[nH]c(=O)c3N2)cc1)C(=O)O)C(=O)O.CN1c2c(nc(N)[nH]c2=O)NCC1CNc1ccc(C(=O)NC(CCC(=O)O)C(=O)O)cc1. The first kappa shape index (κ1) is 48.5. The number of fused-ring (bicyclic) bond motifs is 2. The molecule has 17 N–H and O–H groups in total. The normalized spacial score (nSPS) is 16.0. The molecule has 352 valence electrons. The molecule has 2 aliphatic heterocycles. The fourth-order valence-corrected chi connectivity index (χ4v) is 6.67. The largest absolute Gasteiger partial charge is 0.481 e. The average Bonchev–Trinajstić information content (AvgIpc) is 3.26. The molecule has 5 unspecified atom stereocenters. The smallest absolute Gasteiger partial charge is 0.326 e. The van der Waals surface area contributed by atoms with E-state index in [1.807, 2.05) is 4.90 Å². The van der Waals surface area contributed by atoms with Gasteiger partial charge in [0.2, 0.25) is 11.9 Å². The van der Waals surface area contributed by atoms with Crippen LogP contribution in [0, 0.1) is 5.92 Å². The minimum Gasteiger partial charge on any atom is -0.481 e. The van der Waals surface area contributed by atoms with Gasteiger partial charge in [-0.25, -0.2) is 9.59 Å². The number of H-pyrrole nitrogens is 2. The summed E-state index contributed by atoms with van der Waals surface area (Å²) in [6.45, 7) is 3.34. The topological polar surface area (TPSA) is 414 Å². The number of rotatable bonds is 18. The number of anilines is 8. The number of aliphatic carboxylic acids is 4. The number of aromatic amines is 2. The van der Waals surface area contributed by atoms with Crippen LogP contribution in [0.15, 0.2) is 58.1 Å². The van der Waals surface area contributed by atoms with Gasteiger partial charge in [-0.1, -0.05) is 6.92 Å². The molecule has 2 aromatic heterocycles. The molecule has 0 saturated carbocycles. The highest BCUT2D eigenvalue weighted by Gasteiger charge is 2.29. The molecule has 2 aromatic carbocycles. The Bertz CT molecular complexity index is 2550. The number of carbonyl (C=O) groups excluding carboxylic acids is 2. The lowest BCUT2D eigenvalue weighted by Gasteiger charge is -2.35. The van der Waals surface area contributed by atoms with Gasteiger partial charge in [0.15, 0.2) is 11.6 Å². The summed E-state index contributed by atoms with van der Waals surface area (Å²) < 4.78 is 0. The van der Waals surface area contributed by atoms with Crippen LogP contribution in [0.1, 0.15) is 46.9 Å². The lowest BCUT2D eigenvalue weighted by atomic mass is 10.0. The van der Waals surface area contributed by atoms with E-state index in [1.54, 1.807) is 31.3 Å². The minimum absolute atomic E-state index is 0.0276. The Balaban J connectivity index is 0.000000247. The quantitative estimate of drug-likeness (QED) is 0.0609. The molecule has 0 spiro atoms. The summed E-state index contributed by atoms with van der Waals surface area (Å²) in [5, 5.41) is 56.5. The Kier molecular flexibility index (Phi) is 15.9. The maximum atomic E-state index is 12.4. The number of nitrogen functional groups attached to an aromatic ring is 2. The number of carboxylic acid groups (broad SMARTS) is 4. The third-order valence-corrected chi connectivity index (χ3v) is 10.4. The molecule has 4 heterocycles. The zero-order valence-corrected chi connectivity index (χ0v) is 35.5. The predicted molar refractivity (Wildman–Crippen MR) is 241 cm³/mol. The zero-order valence-electron chi connectivity index (χ0n) is 35.5. The third-order valence-electron chi connectivity index (χ3n) is 10.4. The summed E-state index contributed by atoms with van der Waals surface area (Å²) in [6, 6.07) is 9.95. The maximum Gasteiger partial charge on any atom is 0.326 e. The predicted octanol–water partition coefficient (Wildman–Crippen LogP) is -0.294. The van der Waals surface area contributed by atoms with Gasteiger partial charge >= 0.3 is 23.9 Å². The zero-order chi connectivity index (χ0) is 48.2. The third kappa shape index (κ3) is 13.0. The summed E-state index contributed by atoms with van der Waals surface area (Å²) in [6.07, 6.45) is -0.816. The molecule has 0 fully saturated rings. The van der Waals surface area contributed by atoms with E-state index in [9.17, 15) is 48.6 Å². The second kappa shape index (κ2) is 21.7. The Morgan fingerprint density at radius 2 is 1.24 bits per heavy atom. The lowest BCUT2D eigenvalue weighted by molar-refractivity contribution is -0.144. The van der Waals surface area contributed by atoms with Gasteiger partial charge in [0.1, 0.15) is 23.5 Å². The summed E-state index contributed by atoms with van der Waals surface area (Å²) >= 11 is 0. The van der Waals surface area contributed by atoms with Crippen molar-refractivity contribution in [3.8, 4) is 0 Å². The highest BCUT2D eigenvalue weighted by Crippen LogP contribution is 2.25. The van der Waals surface area contributed by atoms with Gasteiger partial charge in [-0.15, -0.1) is 0 Å². The standard InChI is InChI=1S/2C20H25N7O6/c1-9(18(30)31)6-13(19(32)33)25-16(28)10-2-4-11(5-3-10)22-7-12-8-23-15-14(24-12)17(29)27-20(21)26-15;1-27-12(9-23-16-15(27)18(31)26-20(21)25-16)8-22-11-4-2-10(3-5-11)17(30)24-13(19(32)33)6-7-14(28)29/h2-5,9,12-13,22,24H,6-8H2,1H3,(H,25,28)(H,30,31)(H,32,33)(H4,21,23,26,27,29);2-5,12-13,22H,6-9H2,1H3,(H,24,30)(H,28,29)(H,32,33)(H4,21,23,25,26,31). The number of amides is 2. The number of likely N-dealkylation sites (N-methyl/N-ethyl adjacent to an activating group) is 1. The molecule has 26 nitrogen and oxygen atoms in total. The molecule has 66 heavy (non-hydrogen) atoms. The van der Waals surface area contributed by atoms with E-state index in [1.165, 1.54) is 31.2 Å². The van der Waals surface area contributed by atoms with Crippen LogP contribution < -0.4 is 64.7 Å². The van der Waals surface area contributed by atoms with Crippen LogP contribution in [-0.2, 0) is 19.2 Å². The van der Waals surface area contributed by atoms with E-state index in [-0.39, 0.29) is 65.5 Å². The van der Waals surface area contributed by atoms with Crippen LogP contribution in [0.2, 0.25) is 0 Å². The summed E-state index contributed by atoms with van der Waals surface area (Å²) in [4.78, 5) is 108. The second-order valence-electron chi connectivity index (χ2n) is 15.2. The van der Waals surface area contributed by atoms with E-state index in [4.69, 9.17) is 21.7 Å². The number of aromatic nitrogens is 4. The van der Waals surface area contributed by atoms with E-state index >= 15 is 0 Å². The minimum atomic E-state index is -1.32. The summed E-state index contributed by atoms with van der Waals surface area (Å²) in [5.74, 6) is -6.15. The molecule has 0 bridgehead atoms. The van der Waals surface area contributed by atoms with E-state index in [2.05, 4.69) is 57.2 Å². The van der Waals surface area contributed by atoms with Crippen molar-refractivity contribution in [2.45, 2.75) is 50.4 Å². The van der Waals surface area contributed by atoms with Crippen LogP contribution in [0.25, 0.3) is 0 Å². The summed E-state index contributed by atoms with van der Waals surface area (Å²) in [5.41, 5.74) is 13.0. The second-order valence-corrected chi connectivity index (χ2v) is 15.2. The molecular formula is C40H50N14O12. The monoisotopic (exact) mass is 918 g/mol. The average molecular weight is 919 g/mol.